The summed E-state index contributed by atoms with van der Waals surface area (Å²) < 4.78 is 10.1. The van der Waals surface area contributed by atoms with E-state index in [1.165, 1.54) is 32.4 Å². The van der Waals surface area contributed by atoms with Gasteiger partial charge in [0.25, 0.3) is 5.69 Å². The van der Waals surface area contributed by atoms with Crippen LogP contribution in [0.1, 0.15) is 39.0 Å². The molecule has 3 atom stereocenters. The minimum absolute atomic E-state index is 0.147. The summed E-state index contributed by atoms with van der Waals surface area (Å²) in [6, 6.07) is 3.22. The van der Waals surface area contributed by atoms with Gasteiger partial charge in [0.1, 0.15) is 5.75 Å². The van der Waals surface area contributed by atoms with Crippen molar-refractivity contribution < 1.29 is 24.0 Å². The molecule has 1 aromatic rings. The van der Waals surface area contributed by atoms with Crippen molar-refractivity contribution in [2.45, 2.75) is 51.1 Å². The maximum Gasteiger partial charge on any atom is 0.310 e. The lowest BCUT2D eigenvalue weighted by molar-refractivity contribution is -0.384. The van der Waals surface area contributed by atoms with Crippen LogP contribution in [0.15, 0.2) is 18.2 Å². The first-order valence-corrected chi connectivity index (χ1v) is 9.34. The number of anilines is 1. The van der Waals surface area contributed by atoms with Gasteiger partial charge in [0, 0.05) is 18.2 Å². The van der Waals surface area contributed by atoms with E-state index < -0.39 is 11.0 Å². The zero-order chi connectivity index (χ0) is 20.7. The highest BCUT2D eigenvalue weighted by atomic mass is 16.6. The van der Waals surface area contributed by atoms with E-state index in [2.05, 4.69) is 10.6 Å². The molecule has 28 heavy (non-hydrogen) atoms. The van der Waals surface area contributed by atoms with Crippen LogP contribution in [0.25, 0.3) is 0 Å². The first-order chi connectivity index (χ1) is 13.4. The number of nitro groups is 1. The number of nitrogens with one attached hydrogen (secondary N) is 2. The van der Waals surface area contributed by atoms with Gasteiger partial charge in [-0.1, -0.05) is 19.3 Å². The number of non-ortho nitro benzene ring substituents is 1. The number of nitrogens with zero attached hydrogens (tertiary/aromatic N) is 1. The van der Waals surface area contributed by atoms with Crippen molar-refractivity contribution in [3.8, 4) is 5.75 Å². The van der Waals surface area contributed by atoms with Gasteiger partial charge in [0.2, 0.25) is 5.91 Å². The Labute approximate surface area is 163 Å². The van der Waals surface area contributed by atoms with Crippen molar-refractivity contribution in [1.82, 2.24) is 5.32 Å². The van der Waals surface area contributed by atoms with Gasteiger partial charge in [-0.2, -0.15) is 0 Å². The fourth-order valence-electron chi connectivity index (χ4n) is 3.49. The molecule has 1 saturated carbocycles. The number of carbonyl (C=O) groups is 2. The molecule has 0 aliphatic heterocycles. The molecule has 0 spiro atoms. The maximum atomic E-state index is 12.7. The van der Waals surface area contributed by atoms with Crippen LogP contribution < -0.4 is 15.4 Å². The lowest BCUT2D eigenvalue weighted by Gasteiger charge is -2.27. The molecular formula is C19H27N3O6. The molecule has 0 radical (unpaired) electrons. The molecule has 2 rings (SSSR count). The van der Waals surface area contributed by atoms with Gasteiger partial charge in [-0.25, -0.2) is 0 Å². The summed E-state index contributed by atoms with van der Waals surface area (Å²) in [5.74, 6) is -0.609. The van der Waals surface area contributed by atoms with Crippen LogP contribution in [0.4, 0.5) is 11.4 Å². The quantitative estimate of drug-likeness (QED) is 0.316. The molecule has 1 aromatic carbocycles. The smallest absolute Gasteiger partial charge is 0.310 e. The second-order valence-electron chi connectivity index (χ2n) is 6.89. The number of benzene rings is 1. The van der Waals surface area contributed by atoms with Gasteiger partial charge >= 0.3 is 5.97 Å². The van der Waals surface area contributed by atoms with Gasteiger partial charge in [0.05, 0.1) is 36.8 Å². The van der Waals surface area contributed by atoms with Crippen molar-refractivity contribution in [3.63, 3.8) is 0 Å². The third kappa shape index (κ3) is 5.41. The van der Waals surface area contributed by atoms with Crippen molar-refractivity contribution in [1.29, 1.82) is 0 Å². The van der Waals surface area contributed by atoms with E-state index in [-0.39, 0.29) is 35.2 Å². The number of hydrogen-bond acceptors (Lipinski definition) is 7. The molecule has 0 bridgehead atoms. The second-order valence-corrected chi connectivity index (χ2v) is 6.89. The highest BCUT2D eigenvalue weighted by Gasteiger charge is 2.32. The number of rotatable bonds is 7. The third-order valence-corrected chi connectivity index (χ3v) is 5.03. The summed E-state index contributed by atoms with van der Waals surface area (Å²) in [4.78, 5) is 35.2. The molecule has 1 aliphatic rings. The van der Waals surface area contributed by atoms with E-state index in [0.29, 0.717) is 5.75 Å². The van der Waals surface area contributed by atoms with Crippen LogP contribution in [0.2, 0.25) is 0 Å². The molecule has 154 valence electrons. The van der Waals surface area contributed by atoms with Crippen LogP contribution in [0.3, 0.4) is 0 Å². The van der Waals surface area contributed by atoms with Crippen molar-refractivity contribution in [2.75, 3.05) is 19.5 Å². The second kappa shape index (κ2) is 10.0. The Kier molecular flexibility index (Phi) is 7.74. The number of esters is 1. The average molecular weight is 393 g/mol. The minimum atomic E-state index is -0.612. The van der Waals surface area contributed by atoms with Gasteiger partial charge in [-0.05, 0) is 25.8 Å². The van der Waals surface area contributed by atoms with Crippen LogP contribution in [0, 0.1) is 16.0 Å². The predicted molar refractivity (Wildman–Crippen MR) is 103 cm³/mol. The Morgan fingerprint density at radius 3 is 2.57 bits per heavy atom. The molecule has 0 heterocycles. The molecule has 0 aromatic heterocycles. The first kappa shape index (κ1) is 21.6. The number of nitro benzene ring substituents is 1. The van der Waals surface area contributed by atoms with Crippen LogP contribution in [0.5, 0.6) is 5.75 Å². The van der Waals surface area contributed by atoms with Crippen LogP contribution in [-0.4, -0.2) is 43.1 Å². The van der Waals surface area contributed by atoms with E-state index in [9.17, 15) is 19.7 Å². The molecule has 1 aliphatic carbocycles. The third-order valence-electron chi connectivity index (χ3n) is 5.03. The summed E-state index contributed by atoms with van der Waals surface area (Å²) >= 11 is 0. The topological polar surface area (TPSA) is 120 Å². The highest BCUT2D eigenvalue weighted by Crippen LogP contribution is 2.29. The fourth-order valence-corrected chi connectivity index (χ4v) is 3.49. The number of methoxy groups -OCH3 is 2. The van der Waals surface area contributed by atoms with Crippen LogP contribution >= 0.6 is 0 Å². The summed E-state index contributed by atoms with van der Waals surface area (Å²) in [5, 5.41) is 16.9. The van der Waals surface area contributed by atoms with Crippen molar-refractivity contribution >= 4 is 23.3 Å². The molecule has 2 N–H and O–H groups in total. The van der Waals surface area contributed by atoms with Crippen LogP contribution in [-0.2, 0) is 14.3 Å². The molecular weight excluding hydrogens is 366 g/mol. The fraction of sp³-hybridized carbons (Fsp3) is 0.579. The molecule has 9 heteroatoms. The van der Waals surface area contributed by atoms with E-state index in [1.807, 2.05) is 0 Å². The first-order valence-electron chi connectivity index (χ1n) is 9.34. The summed E-state index contributed by atoms with van der Waals surface area (Å²) in [6.07, 6.45) is 4.45. The number of carbonyl (C=O) groups excluding carboxylic acids is 2. The zero-order valence-electron chi connectivity index (χ0n) is 16.4. The number of hydrogen-bond donors (Lipinski definition) is 2. The van der Waals surface area contributed by atoms with E-state index >= 15 is 0 Å². The monoisotopic (exact) mass is 393 g/mol. The molecule has 0 saturated heterocycles. The van der Waals surface area contributed by atoms with Crippen molar-refractivity contribution in [3.05, 3.63) is 28.3 Å². The summed E-state index contributed by atoms with van der Waals surface area (Å²) in [7, 11) is 2.79. The predicted octanol–water partition coefficient (Wildman–Crippen LogP) is 2.64. The van der Waals surface area contributed by atoms with Crippen molar-refractivity contribution in [2.24, 2.45) is 5.92 Å². The highest BCUT2D eigenvalue weighted by molar-refractivity contribution is 5.96. The standard InChI is InChI=1S/C19H27N3O6/c1-12(20-15-8-6-4-5-7-14(15)19(24)28-3)18(23)21-16-11-13(22(25)26)9-10-17(16)27-2/h9-12,14-15,20H,4-8H2,1-3H3,(H,21,23)/t12-,14-,15-/m1/s1. The maximum absolute atomic E-state index is 12.7. The van der Waals surface area contributed by atoms with Gasteiger partial charge in [0.15, 0.2) is 0 Å². The SMILES string of the molecule is COC(=O)[C@@H]1CCCCC[C@H]1N[C@H](C)C(=O)Nc1cc([N+](=O)[O-])ccc1OC. The lowest BCUT2D eigenvalue weighted by Crippen LogP contribution is -2.48. The Morgan fingerprint density at radius 2 is 1.93 bits per heavy atom. The summed E-state index contributed by atoms with van der Waals surface area (Å²) in [5.41, 5.74) is 0.0759. The molecule has 0 unspecified atom stereocenters. The largest absolute Gasteiger partial charge is 0.495 e. The molecule has 9 nitrogen and oxygen atoms in total. The number of ether oxygens (including phenoxy) is 2. The average Bonchev–Trinajstić information content (AvgIpc) is 2.92. The van der Waals surface area contributed by atoms with E-state index in [0.717, 1.165) is 32.1 Å². The lowest BCUT2D eigenvalue weighted by atomic mass is 9.94. The van der Waals surface area contributed by atoms with Gasteiger partial charge in [-0.15, -0.1) is 0 Å². The Balaban J connectivity index is 2.10. The molecule has 1 fully saturated rings. The Morgan fingerprint density at radius 1 is 1.21 bits per heavy atom. The Bertz CT molecular complexity index is 724. The molecule has 1 amide bonds. The zero-order valence-corrected chi connectivity index (χ0v) is 16.4. The van der Waals surface area contributed by atoms with E-state index in [1.54, 1.807) is 6.92 Å². The Hall–Kier alpha value is -2.68. The normalized spacial score (nSPS) is 20.5. The minimum Gasteiger partial charge on any atom is -0.495 e. The summed E-state index contributed by atoms with van der Waals surface area (Å²) in [6.45, 7) is 1.69. The number of amides is 1. The van der Waals surface area contributed by atoms with Gasteiger partial charge in [-0.3, -0.25) is 19.7 Å². The van der Waals surface area contributed by atoms with Gasteiger partial charge < -0.3 is 20.1 Å². The van der Waals surface area contributed by atoms with E-state index in [4.69, 9.17) is 9.47 Å².